The molecule has 2 aromatic carbocycles. The highest BCUT2D eigenvalue weighted by atomic mass is 32.2. The Hall–Kier alpha value is -2.78. The van der Waals surface area contributed by atoms with Crippen LogP contribution in [0.1, 0.15) is 24.1 Å². The van der Waals surface area contributed by atoms with Crippen LogP contribution in [0.25, 0.3) is 6.08 Å². The summed E-state index contributed by atoms with van der Waals surface area (Å²) in [6.45, 7) is -1.25. The number of halogens is 2. The third kappa shape index (κ3) is 5.61. The molecule has 2 N–H and O–H groups in total. The average Bonchev–Trinajstić information content (AvgIpc) is 2.65. The third-order valence-electron chi connectivity index (χ3n) is 4.14. The van der Waals surface area contributed by atoms with Crippen LogP contribution >= 0.6 is 0 Å². The molecular formula is C19H20F2N2O4S. The molecule has 0 aromatic heterocycles. The molecule has 9 heteroatoms. The Balaban J connectivity index is 2.18. The van der Waals surface area contributed by atoms with Crippen LogP contribution in [0.4, 0.5) is 8.78 Å². The van der Waals surface area contributed by atoms with Crippen molar-refractivity contribution in [2.45, 2.75) is 24.5 Å². The van der Waals surface area contributed by atoms with Gasteiger partial charge >= 0.3 is 6.61 Å². The molecule has 0 saturated heterocycles. The minimum Gasteiger partial charge on any atom is -0.434 e. The predicted octanol–water partition coefficient (Wildman–Crippen LogP) is 3.17. The van der Waals surface area contributed by atoms with Crippen molar-refractivity contribution in [3.05, 3.63) is 65.7 Å². The van der Waals surface area contributed by atoms with E-state index in [0.717, 1.165) is 0 Å². The van der Waals surface area contributed by atoms with Gasteiger partial charge in [-0.2, -0.15) is 8.78 Å². The number of carbonyl (C=O) groups excluding carboxylic acids is 1. The number of likely N-dealkylation sites (N-methyl/N-ethyl adjacent to an activating group) is 1. The van der Waals surface area contributed by atoms with E-state index in [1.165, 1.54) is 41.3 Å². The SMILES string of the molecule is CC(c1cccc(S(N)(=O)=O)c1)N(C)C(=O)/C=C/c1ccccc1OC(F)F. The quantitative estimate of drug-likeness (QED) is 0.710. The van der Waals surface area contributed by atoms with E-state index in [0.29, 0.717) is 11.1 Å². The summed E-state index contributed by atoms with van der Waals surface area (Å²) in [6.07, 6.45) is 2.61. The van der Waals surface area contributed by atoms with E-state index in [-0.39, 0.29) is 10.6 Å². The number of alkyl halides is 2. The summed E-state index contributed by atoms with van der Waals surface area (Å²) in [6, 6.07) is 11.6. The molecular weight excluding hydrogens is 390 g/mol. The fourth-order valence-corrected chi connectivity index (χ4v) is 3.03. The zero-order valence-corrected chi connectivity index (χ0v) is 16.1. The molecule has 1 atom stereocenters. The van der Waals surface area contributed by atoms with E-state index in [4.69, 9.17) is 5.14 Å². The van der Waals surface area contributed by atoms with Crippen LogP contribution in [0, 0.1) is 0 Å². The summed E-state index contributed by atoms with van der Waals surface area (Å²) in [5.74, 6) is -0.446. The summed E-state index contributed by atoms with van der Waals surface area (Å²) in [4.78, 5) is 13.8. The third-order valence-corrected chi connectivity index (χ3v) is 5.05. The first-order chi connectivity index (χ1) is 13.1. The number of amides is 1. The molecule has 0 aliphatic heterocycles. The lowest BCUT2D eigenvalue weighted by atomic mass is 10.1. The van der Waals surface area contributed by atoms with E-state index in [1.807, 2.05) is 0 Å². The van der Waals surface area contributed by atoms with Crippen LogP contribution in [0.2, 0.25) is 0 Å². The number of sulfonamides is 1. The van der Waals surface area contributed by atoms with Gasteiger partial charge < -0.3 is 9.64 Å². The number of nitrogens with two attached hydrogens (primary N) is 1. The van der Waals surface area contributed by atoms with Crippen LogP contribution in [-0.2, 0) is 14.8 Å². The van der Waals surface area contributed by atoms with Crippen molar-refractivity contribution < 1.29 is 26.7 Å². The molecule has 28 heavy (non-hydrogen) atoms. The maximum Gasteiger partial charge on any atom is 0.387 e. The number of hydrogen-bond donors (Lipinski definition) is 1. The zero-order valence-electron chi connectivity index (χ0n) is 15.2. The monoisotopic (exact) mass is 410 g/mol. The Bertz CT molecular complexity index is 977. The van der Waals surface area contributed by atoms with E-state index < -0.39 is 28.6 Å². The number of ether oxygens (including phenoxy) is 1. The molecule has 1 unspecified atom stereocenters. The van der Waals surface area contributed by atoms with Gasteiger partial charge in [-0.1, -0.05) is 30.3 Å². The van der Waals surface area contributed by atoms with Crippen LogP contribution in [0.15, 0.2) is 59.5 Å². The molecule has 0 heterocycles. The lowest BCUT2D eigenvalue weighted by Gasteiger charge is -2.24. The molecule has 0 aliphatic rings. The van der Waals surface area contributed by atoms with Gasteiger partial charge in [-0.15, -0.1) is 0 Å². The van der Waals surface area contributed by atoms with Gasteiger partial charge in [-0.05, 0) is 36.8 Å². The summed E-state index contributed by atoms with van der Waals surface area (Å²) in [5.41, 5.74) is 0.908. The van der Waals surface area contributed by atoms with Crippen LogP contribution in [0.3, 0.4) is 0 Å². The zero-order chi connectivity index (χ0) is 20.9. The lowest BCUT2D eigenvalue weighted by molar-refractivity contribution is -0.126. The predicted molar refractivity (Wildman–Crippen MR) is 101 cm³/mol. The van der Waals surface area contributed by atoms with E-state index in [1.54, 1.807) is 38.2 Å². The molecule has 0 saturated carbocycles. The molecule has 0 radical (unpaired) electrons. The number of primary sulfonamides is 1. The largest absolute Gasteiger partial charge is 0.434 e. The van der Waals surface area contributed by atoms with Crippen molar-refractivity contribution >= 4 is 22.0 Å². The second kappa shape index (κ2) is 8.94. The minimum absolute atomic E-state index is 0.0434. The molecule has 0 spiro atoms. The smallest absolute Gasteiger partial charge is 0.387 e. The van der Waals surface area contributed by atoms with Gasteiger partial charge in [0.25, 0.3) is 0 Å². The van der Waals surface area contributed by atoms with Crippen LogP contribution in [-0.4, -0.2) is 32.9 Å². The van der Waals surface area contributed by atoms with Gasteiger partial charge in [0, 0.05) is 18.7 Å². The van der Waals surface area contributed by atoms with Crippen molar-refractivity contribution in [1.82, 2.24) is 4.90 Å². The Morgan fingerprint density at radius 3 is 2.50 bits per heavy atom. The highest BCUT2D eigenvalue weighted by Gasteiger charge is 2.18. The van der Waals surface area contributed by atoms with Gasteiger partial charge in [-0.25, -0.2) is 13.6 Å². The highest BCUT2D eigenvalue weighted by Crippen LogP contribution is 2.24. The number of benzene rings is 2. The molecule has 0 fully saturated rings. The summed E-state index contributed by atoms with van der Waals surface area (Å²) < 4.78 is 52.4. The second-order valence-corrected chi connectivity index (χ2v) is 7.55. The number of rotatable bonds is 7. The molecule has 2 rings (SSSR count). The summed E-state index contributed by atoms with van der Waals surface area (Å²) >= 11 is 0. The van der Waals surface area contributed by atoms with Crippen molar-refractivity contribution in [3.63, 3.8) is 0 Å². The molecule has 150 valence electrons. The van der Waals surface area contributed by atoms with E-state index in [2.05, 4.69) is 4.74 Å². The van der Waals surface area contributed by atoms with Crippen molar-refractivity contribution in [2.24, 2.45) is 5.14 Å². The minimum atomic E-state index is -3.86. The van der Waals surface area contributed by atoms with E-state index >= 15 is 0 Å². The first-order valence-electron chi connectivity index (χ1n) is 8.21. The first-order valence-corrected chi connectivity index (χ1v) is 9.75. The van der Waals surface area contributed by atoms with Crippen molar-refractivity contribution in [3.8, 4) is 5.75 Å². The molecule has 0 bridgehead atoms. The first kappa shape index (κ1) is 21.5. The summed E-state index contributed by atoms with van der Waals surface area (Å²) in [7, 11) is -2.31. The van der Waals surface area contributed by atoms with Crippen molar-refractivity contribution in [1.29, 1.82) is 0 Å². The Labute approximate surface area is 162 Å². The summed E-state index contributed by atoms with van der Waals surface area (Å²) in [5, 5.41) is 5.14. The maximum atomic E-state index is 12.5. The van der Waals surface area contributed by atoms with Gasteiger partial charge in [0.05, 0.1) is 10.9 Å². The normalized spacial score (nSPS) is 12.9. The number of hydrogen-bond acceptors (Lipinski definition) is 4. The molecule has 1 amide bonds. The van der Waals surface area contributed by atoms with Gasteiger partial charge in [0.15, 0.2) is 0 Å². The van der Waals surface area contributed by atoms with Gasteiger partial charge in [0.1, 0.15) is 5.75 Å². The highest BCUT2D eigenvalue weighted by molar-refractivity contribution is 7.89. The van der Waals surface area contributed by atoms with Crippen LogP contribution in [0.5, 0.6) is 5.75 Å². The van der Waals surface area contributed by atoms with E-state index in [9.17, 15) is 22.0 Å². The number of nitrogens with zero attached hydrogens (tertiary/aromatic N) is 1. The number of carbonyl (C=O) groups is 1. The Kier molecular flexibility index (Phi) is 6.87. The molecule has 2 aromatic rings. The topological polar surface area (TPSA) is 89.7 Å². The van der Waals surface area contributed by atoms with Gasteiger partial charge in [0.2, 0.25) is 15.9 Å². The second-order valence-electron chi connectivity index (χ2n) is 5.99. The molecule has 6 nitrogen and oxygen atoms in total. The number of para-hydroxylation sites is 1. The standard InChI is InChI=1S/C19H20F2N2O4S/c1-13(15-7-5-8-16(12-15)28(22,25)26)23(2)18(24)11-10-14-6-3-4-9-17(14)27-19(20)21/h3-13,19H,1-2H3,(H2,22,25,26)/b11-10+. The van der Waals surface area contributed by atoms with Gasteiger partial charge in [-0.3, -0.25) is 4.79 Å². The van der Waals surface area contributed by atoms with Crippen LogP contribution < -0.4 is 9.88 Å². The van der Waals surface area contributed by atoms with Crippen molar-refractivity contribution in [2.75, 3.05) is 7.05 Å². The maximum absolute atomic E-state index is 12.5. The fraction of sp³-hybridized carbons (Fsp3) is 0.211. The Morgan fingerprint density at radius 2 is 1.86 bits per heavy atom. The Morgan fingerprint density at radius 1 is 1.18 bits per heavy atom. The average molecular weight is 410 g/mol. The fourth-order valence-electron chi connectivity index (χ4n) is 2.47. The molecule has 0 aliphatic carbocycles. The lowest BCUT2D eigenvalue weighted by Crippen LogP contribution is -2.28.